The maximum atomic E-state index is 5.75. The lowest BCUT2D eigenvalue weighted by atomic mass is 10.2. The van der Waals surface area contributed by atoms with Crippen LogP contribution in [0.1, 0.15) is 18.1 Å². The molecule has 0 unspecified atom stereocenters. The Labute approximate surface area is 106 Å². The number of nitrogens with one attached hydrogen (secondary N) is 1. The Hall–Kier alpha value is -2.14. The molecule has 0 radical (unpaired) electrons. The van der Waals surface area contributed by atoms with Crippen LogP contribution in [0.4, 0.5) is 5.82 Å². The zero-order chi connectivity index (χ0) is 13.0. The Morgan fingerprint density at radius 1 is 1.33 bits per heavy atom. The summed E-state index contributed by atoms with van der Waals surface area (Å²) in [5, 5.41) is 0. The third kappa shape index (κ3) is 2.57. The minimum atomic E-state index is 0.506. The van der Waals surface area contributed by atoms with E-state index in [9.17, 15) is 0 Å². The number of hydrogen-bond donors (Lipinski definition) is 2. The van der Waals surface area contributed by atoms with Gasteiger partial charge in [-0.05, 0) is 31.0 Å². The molecule has 1 heterocycles. The molecule has 94 valence electrons. The standard InChI is InChI=1S/C13H16N4O/c1-3-10-5-4-6-11(7-10)18-13-9(2)12(17-14)15-8-16-13/h4-8H,3,14H2,1-2H3,(H,15,16,17). The van der Waals surface area contributed by atoms with Crippen LogP contribution in [0.15, 0.2) is 30.6 Å². The molecule has 5 nitrogen and oxygen atoms in total. The fraction of sp³-hybridized carbons (Fsp3) is 0.231. The van der Waals surface area contributed by atoms with E-state index in [0.717, 1.165) is 17.7 Å². The van der Waals surface area contributed by atoms with Crippen LogP contribution in [0.2, 0.25) is 0 Å². The lowest BCUT2D eigenvalue weighted by Crippen LogP contribution is -2.11. The first kappa shape index (κ1) is 12.3. The molecule has 0 atom stereocenters. The van der Waals surface area contributed by atoms with E-state index in [2.05, 4.69) is 28.4 Å². The maximum absolute atomic E-state index is 5.75. The van der Waals surface area contributed by atoms with Crippen molar-refractivity contribution >= 4 is 5.82 Å². The molecule has 2 aromatic rings. The van der Waals surface area contributed by atoms with Gasteiger partial charge in [-0.25, -0.2) is 15.8 Å². The average Bonchev–Trinajstić information content (AvgIpc) is 2.41. The maximum Gasteiger partial charge on any atom is 0.227 e. The number of benzene rings is 1. The Balaban J connectivity index is 2.28. The van der Waals surface area contributed by atoms with E-state index < -0.39 is 0 Å². The molecular weight excluding hydrogens is 228 g/mol. The average molecular weight is 244 g/mol. The van der Waals surface area contributed by atoms with E-state index in [4.69, 9.17) is 10.6 Å². The smallest absolute Gasteiger partial charge is 0.227 e. The lowest BCUT2D eigenvalue weighted by molar-refractivity contribution is 0.457. The Kier molecular flexibility index (Phi) is 3.74. The highest BCUT2D eigenvalue weighted by atomic mass is 16.5. The quantitative estimate of drug-likeness (QED) is 0.638. The third-order valence-electron chi connectivity index (χ3n) is 2.70. The van der Waals surface area contributed by atoms with Crippen molar-refractivity contribution in [2.24, 2.45) is 5.84 Å². The van der Waals surface area contributed by atoms with Gasteiger partial charge in [0.05, 0.1) is 5.56 Å². The van der Waals surface area contributed by atoms with Crippen LogP contribution in [0, 0.1) is 6.92 Å². The molecular formula is C13H16N4O. The van der Waals surface area contributed by atoms with Crippen molar-refractivity contribution in [2.75, 3.05) is 5.43 Å². The molecule has 0 aliphatic heterocycles. The predicted octanol–water partition coefficient (Wildman–Crippen LogP) is 2.43. The van der Waals surface area contributed by atoms with E-state index in [1.807, 2.05) is 25.1 Å². The summed E-state index contributed by atoms with van der Waals surface area (Å²) in [5.74, 6) is 7.19. The molecule has 3 N–H and O–H groups in total. The fourth-order valence-corrected chi connectivity index (χ4v) is 1.62. The second kappa shape index (κ2) is 5.46. The largest absolute Gasteiger partial charge is 0.439 e. The first-order valence-corrected chi connectivity index (χ1v) is 5.79. The lowest BCUT2D eigenvalue weighted by Gasteiger charge is -2.10. The molecule has 0 bridgehead atoms. The van der Waals surface area contributed by atoms with Gasteiger partial charge < -0.3 is 10.2 Å². The summed E-state index contributed by atoms with van der Waals surface area (Å²) >= 11 is 0. The van der Waals surface area contributed by atoms with Gasteiger partial charge in [-0.15, -0.1) is 0 Å². The van der Waals surface area contributed by atoms with Crippen molar-refractivity contribution in [1.29, 1.82) is 0 Å². The molecule has 0 saturated carbocycles. The number of hydrazine groups is 1. The number of hydrogen-bond acceptors (Lipinski definition) is 5. The van der Waals surface area contributed by atoms with E-state index in [-0.39, 0.29) is 0 Å². The molecule has 1 aromatic heterocycles. The molecule has 0 saturated heterocycles. The number of nitrogens with two attached hydrogens (primary N) is 1. The van der Waals surface area contributed by atoms with Gasteiger partial charge in [0.1, 0.15) is 17.9 Å². The van der Waals surface area contributed by atoms with Crippen LogP contribution in [0.5, 0.6) is 11.6 Å². The van der Waals surface area contributed by atoms with Gasteiger partial charge in [0, 0.05) is 0 Å². The number of nitrogens with zero attached hydrogens (tertiary/aromatic N) is 2. The van der Waals surface area contributed by atoms with Crippen molar-refractivity contribution in [3.05, 3.63) is 41.7 Å². The Morgan fingerprint density at radius 2 is 2.17 bits per heavy atom. The second-order valence-electron chi connectivity index (χ2n) is 3.90. The molecule has 1 aromatic carbocycles. The van der Waals surface area contributed by atoms with Crippen molar-refractivity contribution < 1.29 is 4.74 Å². The monoisotopic (exact) mass is 244 g/mol. The summed E-state index contributed by atoms with van der Waals surface area (Å²) in [6, 6.07) is 7.92. The first-order valence-electron chi connectivity index (χ1n) is 5.79. The van der Waals surface area contributed by atoms with Crippen molar-refractivity contribution in [3.8, 4) is 11.6 Å². The molecule has 0 spiro atoms. The summed E-state index contributed by atoms with van der Waals surface area (Å²) < 4.78 is 5.75. The topological polar surface area (TPSA) is 73.1 Å². The predicted molar refractivity (Wildman–Crippen MR) is 70.5 cm³/mol. The SMILES string of the molecule is CCc1cccc(Oc2ncnc(NN)c2C)c1. The number of nitrogen functional groups attached to an aromatic ring is 1. The third-order valence-corrected chi connectivity index (χ3v) is 2.70. The first-order chi connectivity index (χ1) is 8.74. The van der Waals surface area contributed by atoms with Gasteiger partial charge in [0.2, 0.25) is 5.88 Å². The highest BCUT2D eigenvalue weighted by Gasteiger charge is 2.08. The van der Waals surface area contributed by atoms with E-state index >= 15 is 0 Å². The number of aryl methyl sites for hydroxylation is 1. The Bertz CT molecular complexity index is 542. The van der Waals surface area contributed by atoms with Crippen molar-refractivity contribution in [3.63, 3.8) is 0 Å². The van der Waals surface area contributed by atoms with Crippen molar-refractivity contribution in [2.45, 2.75) is 20.3 Å². The van der Waals surface area contributed by atoms with E-state index in [1.165, 1.54) is 11.9 Å². The Morgan fingerprint density at radius 3 is 2.89 bits per heavy atom. The highest BCUT2D eigenvalue weighted by molar-refractivity contribution is 5.47. The van der Waals surface area contributed by atoms with Gasteiger partial charge in [0.15, 0.2) is 0 Å². The molecule has 0 aliphatic carbocycles. The van der Waals surface area contributed by atoms with Crippen LogP contribution >= 0.6 is 0 Å². The number of rotatable bonds is 4. The number of aromatic nitrogens is 2. The van der Waals surface area contributed by atoms with Gasteiger partial charge >= 0.3 is 0 Å². The highest BCUT2D eigenvalue weighted by Crippen LogP contribution is 2.26. The summed E-state index contributed by atoms with van der Waals surface area (Å²) in [5.41, 5.74) is 4.51. The van der Waals surface area contributed by atoms with Crippen LogP contribution in [-0.2, 0) is 6.42 Å². The van der Waals surface area contributed by atoms with Crippen LogP contribution in [0.3, 0.4) is 0 Å². The van der Waals surface area contributed by atoms with Gasteiger partial charge in [-0.3, -0.25) is 0 Å². The molecule has 5 heteroatoms. The van der Waals surface area contributed by atoms with Crippen LogP contribution in [-0.4, -0.2) is 9.97 Å². The molecule has 0 amide bonds. The minimum Gasteiger partial charge on any atom is -0.439 e. The van der Waals surface area contributed by atoms with Crippen molar-refractivity contribution in [1.82, 2.24) is 9.97 Å². The summed E-state index contributed by atoms with van der Waals surface area (Å²) in [6.45, 7) is 3.96. The molecule has 0 aliphatic rings. The van der Waals surface area contributed by atoms with Gasteiger partial charge in [-0.1, -0.05) is 19.1 Å². The zero-order valence-corrected chi connectivity index (χ0v) is 10.5. The number of anilines is 1. The molecule has 18 heavy (non-hydrogen) atoms. The molecule has 2 rings (SSSR count). The second-order valence-corrected chi connectivity index (χ2v) is 3.90. The number of ether oxygens (including phenoxy) is 1. The van der Waals surface area contributed by atoms with Crippen LogP contribution < -0.4 is 16.0 Å². The van der Waals surface area contributed by atoms with Gasteiger partial charge in [-0.2, -0.15) is 0 Å². The summed E-state index contributed by atoms with van der Waals surface area (Å²) in [6.07, 6.45) is 2.39. The van der Waals surface area contributed by atoms with Gasteiger partial charge in [0.25, 0.3) is 0 Å². The summed E-state index contributed by atoms with van der Waals surface area (Å²) in [4.78, 5) is 8.11. The molecule has 0 fully saturated rings. The normalized spacial score (nSPS) is 10.2. The zero-order valence-electron chi connectivity index (χ0n) is 10.5. The van der Waals surface area contributed by atoms with E-state index in [0.29, 0.717) is 11.7 Å². The van der Waals surface area contributed by atoms with Crippen LogP contribution in [0.25, 0.3) is 0 Å². The fourth-order valence-electron chi connectivity index (χ4n) is 1.62. The summed E-state index contributed by atoms with van der Waals surface area (Å²) in [7, 11) is 0. The minimum absolute atomic E-state index is 0.506. The van der Waals surface area contributed by atoms with E-state index in [1.54, 1.807) is 0 Å².